The summed E-state index contributed by atoms with van der Waals surface area (Å²) in [6, 6.07) is 18.7. The first-order chi connectivity index (χ1) is 15.7. The van der Waals surface area contributed by atoms with E-state index in [-0.39, 0.29) is 22.9 Å². The Balaban J connectivity index is 1.84. The predicted octanol–water partition coefficient (Wildman–Crippen LogP) is 6.13. The number of carbonyl (C=O) groups excluding carboxylic acids is 1. The lowest BCUT2D eigenvalue weighted by atomic mass is 9.81. The summed E-state index contributed by atoms with van der Waals surface area (Å²) in [6.45, 7) is 6.07. The number of rotatable bonds is 6. The molecule has 0 N–H and O–H groups in total. The molecule has 0 unspecified atom stereocenters. The van der Waals surface area contributed by atoms with Gasteiger partial charge in [-0.3, -0.25) is 10.1 Å². The average molecular weight is 463 g/mol. The minimum Gasteiger partial charge on any atom is -0.318 e. The van der Waals surface area contributed by atoms with E-state index < -0.39 is 11.4 Å². The molecule has 0 radical (unpaired) electrons. The number of alkyl halides is 1. The van der Waals surface area contributed by atoms with Crippen molar-refractivity contribution < 1.29 is 14.6 Å². The number of hydrogen-bond donors (Lipinski definition) is 0. The fourth-order valence-corrected chi connectivity index (χ4v) is 4.46. The van der Waals surface area contributed by atoms with Crippen LogP contribution < -0.4 is 0 Å². The number of fused-ring (bicyclic) bond motifs is 3. The van der Waals surface area contributed by atoms with Crippen LogP contribution in [-0.2, 0) is 15.0 Å². The third kappa shape index (κ3) is 4.14. The number of nitrogens with zero attached hydrogens (tertiary/aromatic N) is 2. The molecule has 0 spiro atoms. The zero-order valence-electron chi connectivity index (χ0n) is 18.6. The molecule has 3 aromatic rings. The van der Waals surface area contributed by atoms with E-state index >= 15 is 0 Å². The summed E-state index contributed by atoms with van der Waals surface area (Å²) in [5, 5.41) is 15.6. The number of oxime groups is 1. The maximum atomic E-state index is 12.0. The highest BCUT2D eigenvalue weighted by atomic mass is 35.5. The van der Waals surface area contributed by atoms with Gasteiger partial charge < -0.3 is 4.84 Å². The van der Waals surface area contributed by atoms with Crippen molar-refractivity contribution in [3.8, 4) is 11.1 Å². The number of non-ortho nitro benzene ring substituents is 1. The lowest BCUT2D eigenvalue weighted by molar-refractivity contribution is -0.384. The highest BCUT2D eigenvalue weighted by Gasteiger charge is 2.37. The molecule has 1 aliphatic rings. The van der Waals surface area contributed by atoms with Crippen LogP contribution in [-0.4, -0.2) is 22.5 Å². The molecule has 6 nitrogen and oxygen atoms in total. The quantitative estimate of drug-likeness (QED) is 0.145. The molecular weight excluding hydrogens is 440 g/mol. The molecule has 1 aliphatic carbocycles. The molecule has 0 heterocycles. The smallest absolute Gasteiger partial charge is 0.318 e. The Labute approximate surface area is 197 Å². The maximum Gasteiger partial charge on any atom is 0.336 e. The van der Waals surface area contributed by atoms with Gasteiger partial charge in [-0.05, 0) is 46.9 Å². The van der Waals surface area contributed by atoms with E-state index in [1.54, 1.807) is 6.07 Å². The van der Waals surface area contributed by atoms with Gasteiger partial charge in [-0.25, -0.2) is 4.79 Å². The van der Waals surface area contributed by atoms with Crippen molar-refractivity contribution in [3.63, 3.8) is 0 Å². The Hall–Kier alpha value is -3.51. The van der Waals surface area contributed by atoms with Crippen molar-refractivity contribution in [2.45, 2.75) is 32.6 Å². The number of aryl methyl sites for hydroxylation is 1. The van der Waals surface area contributed by atoms with Crippen LogP contribution in [0.15, 0.2) is 65.8 Å². The number of carbonyl (C=O) groups is 1. The molecule has 168 valence electrons. The molecule has 3 aromatic carbocycles. The van der Waals surface area contributed by atoms with Crippen molar-refractivity contribution in [3.05, 3.63) is 98.6 Å². The summed E-state index contributed by atoms with van der Waals surface area (Å²) >= 11 is 5.65. The van der Waals surface area contributed by atoms with E-state index in [9.17, 15) is 14.9 Å². The van der Waals surface area contributed by atoms with Gasteiger partial charge in [-0.2, -0.15) is 0 Å². The van der Waals surface area contributed by atoms with Crippen molar-refractivity contribution in [1.29, 1.82) is 0 Å². The van der Waals surface area contributed by atoms with Gasteiger partial charge in [0.2, 0.25) is 0 Å². The lowest BCUT2D eigenvalue weighted by Crippen LogP contribution is -2.16. The number of nitro benzene ring substituents is 1. The van der Waals surface area contributed by atoms with Crippen molar-refractivity contribution in [2.75, 3.05) is 5.88 Å². The molecule has 0 fully saturated rings. The molecular formula is C26H23ClN2O4. The largest absolute Gasteiger partial charge is 0.336 e. The summed E-state index contributed by atoms with van der Waals surface area (Å²) < 4.78 is 0. The van der Waals surface area contributed by atoms with Crippen LogP contribution in [0.4, 0.5) is 5.69 Å². The molecule has 0 bridgehead atoms. The standard InChI is InChI=1S/C26H23ClN2O4/c1-16-6-4-5-7-19(16)25(28-33-24(30)12-13-27)17-8-10-20-21-11-9-18(29(31)32)15-23(21)26(2,3)22(20)14-17/h4-11,14-15H,12-13H2,1-3H3/b28-25-. The molecule has 0 amide bonds. The minimum atomic E-state index is -0.503. The van der Waals surface area contributed by atoms with Crippen LogP contribution in [0.1, 0.15) is 48.1 Å². The van der Waals surface area contributed by atoms with E-state index in [1.165, 1.54) is 6.07 Å². The van der Waals surface area contributed by atoms with Crippen LogP contribution in [0.5, 0.6) is 0 Å². The summed E-state index contributed by atoms with van der Waals surface area (Å²) in [5.74, 6) is -0.344. The van der Waals surface area contributed by atoms with Crippen molar-refractivity contribution in [2.24, 2.45) is 5.16 Å². The zero-order chi connectivity index (χ0) is 23.8. The summed E-state index contributed by atoms with van der Waals surface area (Å²) in [5.41, 5.74) is 6.74. The number of hydrogen-bond acceptors (Lipinski definition) is 5. The Bertz CT molecular complexity index is 1300. The molecule has 0 atom stereocenters. The average Bonchev–Trinajstić information content (AvgIpc) is 3.01. The Morgan fingerprint density at radius 1 is 1.06 bits per heavy atom. The van der Waals surface area contributed by atoms with Gasteiger partial charge in [-0.1, -0.05) is 55.4 Å². The molecule has 0 saturated heterocycles. The first-order valence-corrected chi connectivity index (χ1v) is 11.1. The van der Waals surface area contributed by atoms with Crippen molar-refractivity contribution in [1.82, 2.24) is 0 Å². The maximum absolute atomic E-state index is 12.0. The van der Waals surface area contributed by atoms with Gasteiger partial charge in [0, 0.05) is 34.6 Å². The van der Waals surface area contributed by atoms with Crippen LogP contribution in [0, 0.1) is 17.0 Å². The van der Waals surface area contributed by atoms with E-state index in [1.807, 2.05) is 55.5 Å². The van der Waals surface area contributed by atoms with Gasteiger partial charge >= 0.3 is 5.97 Å². The van der Waals surface area contributed by atoms with Gasteiger partial charge in [0.05, 0.1) is 11.3 Å². The van der Waals surface area contributed by atoms with E-state index in [4.69, 9.17) is 16.4 Å². The van der Waals surface area contributed by atoms with Crippen LogP contribution >= 0.6 is 11.6 Å². The monoisotopic (exact) mass is 462 g/mol. The molecule has 33 heavy (non-hydrogen) atoms. The van der Waals surface area contributed by atoms with Crippen LogP contribution in [0.2, 0.25) is 0 Å². The Morgan fingerprint density at radius 3 is 2.39 bits per heavy atom. The van der Waals surface area contributed by atoms with E-state index in [2.05, 4.69) is 19.0 Å². The summed E-state index contributed by atoms with van der Waals surface area (Å²) in [7, 11) is 0. The number of halogens is 1. The molecule has 7 heteroatoms. The predicted molar refractivity (Wildman–Crippen MR) is 129 cm³/mol. The SMILES string of the molecule is Cc1ccccc1/C(=N\OC(=O)CCCl)c1ccc2c(c1)C(C)(C)c1cc([N+](=O)[O-])ccc1-2. The first kappa shape index (κ1) is 22.7. The number of benzene rings is 3. The van der Waals surface area contributed by atoms with Gasteiger partial charge in [-0.15, -0.1) is 11.6 Å². The third-order valence-corrected chi connectivity index (χ3v) is 6.27. The topological polar surface area (TPSA) is 81.8 Å². The van der Waals surface area contributed by atoms with Crippen molar-refractivity contribution >= 4 is 29.0 Å². The molecule has 0 aliphatic heterocycles. The molecule has 0 saturated carbocycles. The second-order valence-electron chi connectivity index (χ2n) is 8.53. The normalized spacial score (nSPS) is 13.9. The first-order valence-electron chi connectivity index (χ1n) is 10.6. The van der Waals surface area contributed by atoms with Gasteiger partial charge in [0.1, 0.15) is 5.71 Å². The Morgan fingerprint density at radius 2 is 1.73 bits per heavy atom. The minimum absolute atomic E-state index is 0.0669. The third-order valence-electron chi connectivity index (χ3n) is 6.08. The van der Waals surface area contributed by atoms with E-state index in [0.717, 1.165) is 38.9 Å². The molecule has 0 aromatic heterocycles. The lowest BCUT2D eigenvalue weighted by Gasteiger charge is -2.22. The number of nitro groups is 1. The molecule has 4 rings (SSSR count). The zero-order valence-corrected chi connectivity index (χ0v) is 19.3. The van der Waals surface area contributed by atoms with Crippen LogP contribution in [0.25, 0.3) is 11.1 Å². The van der Waals surface area contributed by atoms with E-state index in [0.29, 0.717) is 5.71 Å². The second-order valence-corrected chi connectivity index (χ2v) is 8.91. The highest BCUT2D eigenvalue weighted by molar-refractivity contribution is 6.18. The summed E-state index contributed by atoms with van der Waals surface area (Å²) in [6.07, 6.45) is 0.0669. The van der Waals surface area contributed by atoms with Gasteiger partial charge in [0.15, 0.2) is 0 Å². The Kier molecular flexibility index (Phi) is 6.04. The summed E-state index contributed by atoms with van der Waals surface area (Å²) in [4.78, 5) is 28.1. The fraction of sp³-hybridized carbons (Fsp3) is 0.231. The van der Waals surface area contributed by atoms with Gasteiger partial charge in [0.25, 0.3) is 5.69 Å². The van der Waals surface area contributed by atoms with Crippen LogP contribution in [0.3, 0.4) is 0 Å². The second kappa shape index (κ2) is 8.79. The highest BCUT2D eigenvalue weighted by Crippen LogP contribution is 2.49. The fourth-order valence-electron chi connectivity index (χ4n) is 4.30.